The Kier molecular flexibility index (Phi) is 5.64. The number of aryl methyl sites for hydroxylation is 1. The molecule has 2 aromatic carbocycles. The number of nitrogens with zero attached hydrogens (tertiary/aromatic N) is 1. The fourth-order valence-corrected chi connectivity index (χ4v) is 5.59. The summed E-state index contributed by atoms with van der Waals surface area (Å²) < 4.78 is 28.7. The van der Waals surface area contributed by atoms with E-state index in [0.717, 1.165) is 24.8 Å². The molecule has 1 aliphatic heterocycles. The van der Waals surface area contributed by atoms with Crippen molar-refractivity contribution in [3.8, 4) is 0 Å². The van der Waals surface area contributed by atoms with Gasteiger partial charge in [0, 0.05) is 12.1 Å². The van der Waals surface area contributed by atoms with Gasteiger partial charge in [-0.15, -0.1) is 0 Å². The molecule has 0 spiro atoms. The summed E-state index contributed by atoms with van der Waals surface area (Å²) in [5, 5.41) is 0. The molecule has 26 heavy (non-hydrogen) atoms. The summed E-state index contributed by atoms with van der Waals surface area (Å²) in [7, 11) is -3.54. The molecular weight excluding hydrogens is 342 g/mol. The topological polar surface area (TPSA) is 37.4 Å². The lowest BCUT2D eigenvalue weighted by atomic mass is 9.93. The van der Waals surface area contributed by atoms with Crippen LogP contribution in [0.15, 0.2) is 71.1 Å². The minimum Gasteiger partial charge on any atom is -0.207 e. The van der Waals surface area contributed by atoms with Crippen LogP contribution in [0.25, 0.3) is 0 Å². The Hall–Kier alpha value is -1.91. The zero-order valence-electron chi connectivity index (χ0n) is 15.7. The van der Waals surface area contributed by atoms with Gasteiger partial charge in [-0.2, -0.15) is 4.31 Å². The van der Waals surface area contributed by atoms with Gasteiger partial charge in [0.05, 0.1) is 4.90 Å². The van der Waals surface area contributed by atoms with Gasteiger partial charge in [0.25, 0.3) is 0 Å². The van der Waals surface area contributed by atoms with Gasteiger partial charge >= 0.3 is 0 Å². The summed E-state index contributed by atoms with van der Waals surface area (Å²) in [4.78, 5) is 0.382. The SMILES string of the molecule is CC[C@@H]1C=C(C)C[C@H](Cc2ccccc2)N1S(=O)(=O)c1ccc(C)cc1. The molecule has 3 rings (SSSR count). The lowest BCUT2D eigenvalue weighted by Gasteiger charge is -2.39. The molecule has 0 unspecified atom stereocenters. The Balaban J connectivity index is 2.01. The Morgan fingerprint density at radius 2 is 1.65 bits per heavy atom. The van der Waals surface area contributed by atoms with Gasteiger partial charge in [-0.1, -0.05) is 66.6 Å². The molecule has 2 aromatic rings. The van der Waals surface area contributed by atoms with E-state index in [-0.39, 0.29) is 12.1 Å². The molecule has 2 atom stereocenters. The second-order valence-corrected chi connectivity index (χ2v) is 9.03. The van der Waals surface area contributed by atoms with Gasteiger partial charge in [0.2, 0.25) is 10.0 Å². The average molecular weight is 370 g/mol. The van der Waals surface area contributed by atoms with Crippen molar-refractivity contribution in [3.63, 3.8) is 0 Å². The normalized spacial score (nSPS) is 21.4. The number of sulfonamides is 1. The average Bonchev–Trinajstić information content (AvgIpc) is 2.62. The van der Waals surface area contributed by atoms with Gasteiger partial charge in [-0.3, -0.25) is 0 Å². The van der Waals surface area contributed by atoms with E-state index in [1.807, 2.05) is 37.3 Å². The molecule has 0 amide bonds. The second kappa shape index (κ2) is 7.77. The largest absolute Gasteiger partial charge is 0.243 e. The zero-order valence-corrected chi connectivity index (χ0v) is 16.5. The van der Waals surface area contributed by atoms with Crippen LogP contribution in [0.5, 0.6) is 0 Å². The molecule has 0 saturated carbocycles. The van der Waals surface area contributed by atoms with Crippen molar-refractivity contribution in [2.45, 2.75) is 57.0 Å². The summed E-state index contributed by atoms with van der Waals surface area (Å²) in [5.41, 5.74) is 3.51. The van der Waals surface area contributed by atoms with Crippen molar-refractivity contribution in [1.82, 2.24) is 4.31 Å². The quantitative estimate of drug-likeness (QED) is 0.715. The number of hydrogen-bond acceptors (Lipinski definition) is 2. The van der Waals surface area contributed by atoms with Crippen LogP contribution in [0.2, 0.25) is 0 Å². The molecule has 0 N–H and O–H groups in total. The third-order valence-corrected chi connectivity index (χ3v) is 7.04. The fraction of sp³-hybridized carbons (Fsp3) is 0.364. The minimum atomic E-state index is -3.54. The summed E-state index contributed by atoms with van der Waals surface area (Å²) in [6, 6.07) is 17.2. The maximum Gasteiger partial charge on any atom is 0.243 e. The highest BCUT2D eigenvalue weighted by Gasteiger charge is 2.38. The van der Waals surface area contributed by atoms with Crippen molar-refractivity contribution >= 4 is 10.0 Å². The molecule has 0 radical (unpaired) electrons. The van der Waals surface area contributed by atoms with E-state index in [0.29, 0.717) is 4.90 Å². The van der Waals surface area contributed by atoms with Gasteiger partial charge in [-0.25, -0.2) is 8.42 Å². The van der Waals surface area contributed by atoms with Crippen molar-refractivity contribution in [3.05, 3.63) is 77.4 Å². The first kappa shape index (κ1) is 18.9. The van der Waals surface area contributed by atoms with Crippen LogP contribution < -0.4 is 0 Å². The zero-order chi connectivity index (χ0) is 18.7. The van der Waals surface area contributed by atoms with Crippen molar-refractivity contribution in [2.24, 2.45) is 0 Å². The Labute approximate surface area is 157 Å². The van der Waals surface area contributed by atoms with E-state index in [1.165, 1.54) is 11.1 Å². The third-order valence-electron chi connectivity index (χ3n) is 5.05. The summed E-state index contributed by atoms with van der Waals surface area (Å²) in [6.45, 7) is 6.13. The first-order chi connectivity index (χ1) is 12.4. The van der Waals surface area contributed by atoms with Crippen LogP contribution in [0.3, 0.4) is 0 Å². The maximum atomic E-state index is 13.5. The first-order valence-corrected chi connectivity index (χ1v) is 10.7. The number of rotatable bonds is 5. The highest BCUT2D eigenvalue weighted by molar-refractivity contribution is 7.89. The van der Waals surface area contributed by atoms with Crippen LogP contribution >= 0.6 is 0 Å². The first-order valence-electron chi connectivity index (χ1n) is 9.23. The van der Waals surface area contributed by atoms with E-state index < -0.39 is 10.0 Å². The molecule has 0 saturated heterocycles. The molecule has 4 heteroatoms. The van der Waals surface area contributed by atoms with Gasteiger partial charge in [0.1, 0.15) is 0 Å². The summed E-state index contributed by atoms with van der Waals surface area (Å²) in [5.74, 6) is 0. The highest BCUT2D eigenvalue weighted by Crippen LogP contribution is 2.32. The standard InChI is InChI=1S/C22H27NO2S/c1-4-20-14-18(3)15-21(16-19-8-6-5-7-9-19)23(20)26(24,25)22-12-10-17(2)11-13-22/h5-14,20-21H,4,15-16H2,1-3H3/t20-,21-/m1/s1. The fourth-order valence-electron chi connectivity index (χ4n) is 3.75. The monoisotopic (exact) mass is 369 g/mol. The molecule has 3 nitrogen and oxygen atoms in total. The van der Waals surface area contributed by atoms with Gasteiger partial charge in [0.15, 0.2) is 0 Å². The lowest BCUT2D eigenvalue weighted by Crippen LogP contribution is -2.49. The molecule has 0 bridgehead atoms. The second-order valence-electron chi connectivity index (χ2n) is 7.18. The predicted octanol–water partition coefficient (Wildman–Crippen LogP) is 4.73. The molecule has 0 fully saturated rings. The third kappa shape index (κ3) is 3.92. The molecule has 1 heterocycles. The van der Waals surface area contributed by atoms with Crippen molar-refractivity contribution in [2.75, 3.05) is 0 Å². The maximum absolute atomic E-state index is 13.5. The van der Waals surface area contributed by atoms with Crippen LogP contribution in [-0.2, 0) is 16.4 Å². The van der Waals surface area contributed by atoms with Gasteiger partial charge < -0.3 is 0 Å². The Morgan fingerprint density at radius 3 is 2.27 bits per heavy atom. The van der Waals surface area contributed by atoms with E-state index in [9.17, 15) is 8.42 Å². The smallest absolute Gasteiger partial charge is 0.207 e. The highest BCUT2D eigenvalue weighted by atomic mass is 32.2. The lowest BCUT2D eigenvalue weighted by molar-refractivity contribution is 0.254. The molecule has 138 valence electrons. The van der Waals surface area contributed by atoms with Crippen LogP contribution in [0.1, 0.15) is 37.8 Å². The molecule has 0 aromatic heterocycles. The van der Waals surface area contributed by atoms with Gasteiger partial charge in [-0.05, 0) is 50.8 Å². The number of hydrogen-bond donors (Lipinski definition) is 0. The van der Waals surface area contributed by atoms with Crippen LogP contribution in [0.4, 0.5) is 0 Å². The van der Waals surface area contributed by atoms with E-state index in [1.54, 1.807) is 16.4 Å². The molecular formula is C22H27NO2S. The predicted molar refractivity (Wildman–Crippen MR) is 107 cm³/mol. The Bertz CT molecular complexity index is 870. The van der Waals surface area contributed by atoms with Crippen LogP contribution in [-0.4, -0.2) is 24.8 Å². The van der Waals surface area contributed by atoms with Crippen LogP contribution in [0, 0.1) is 6.92 Å². The number of benzene rings is 2. The Morgan fingerprint density at radius 1 is 1.00 bits per heavy atom. The van der Waals surface area contributed by atoms with E-state index in [2.05, 4.69) is 32.1 Å². The summed E-state index contributed by atoms with van der Waals surface area (Å²) >= 11 is 0. The van der Waals surface area contributed by atoms with E-state index in [4.69, 9.17) is 0 Å². The van der Waals surface area contributed by atoms with Crippen molar-refractivity contribution < 1.29 is 8.42 Å². The molecule has 0 aliphatic carbocycles. The van der Waals surface area contributed by atoms with E-state index >= 15 is 0 Å². The minimum absolute atomic E-state index is 0.0568. The molecule has 1 aliphatic rings. The van der Waals surface area contributed by atoms with Crippen molar-refractivity contribution in [1.29, 1.82) is 0 Å². The summed E-state index contributed by atoms with van der Waals surface area (Å²) in [6.07, 6.45) is 4.39.